The summed E-state index contributed by atoms with van der Waals surface area (Å²) in [4.78, 5) is 24.5. The summed E-state index contributed by atoms with van der Waals surface area (Å²) in [5.41, 5.74) is 0.475. The molecule has 0 aliphatic carbocycles. The zero-order valence-electron chi connectivity index (χ0n) is 9.82. The molecule has 0 bridgehead atoms. The lowest BCUT2D eigenvalue weighted by molar-refractivity contribution is -0.133. The Bertz CT molecular complexity index is 338. The molecule has 1 rings (SSSR count). The number of carbonyl (C=O) groups excluding carboxylic acids is 1. The highest BCUT2D eigenvalue weighted by Gasteiger charge is 2.24. The second-order valence-electron chi connectivity index (χ2n) is 3.99. The topological polar surface area (TPSA) is 57.6 Å². The summed E-state index contributed by atoms with van der Waals surface area (Å²) in [6.45, 7) is 6.54. The Morgan fingerprint density at radius 2 is 1.94 bits per heavy atom. The molecule has 1 unspecified atom stereocenters. The smallest absolute Gasteiger partial charge is 0.331 e. The third-order valence-corrected chi connectivity index (χ3v) is 3.87. The van der Waals surface area contributed by atoms with Crippen molar-refractivity contribution in [1.29, 1.82) is 0 Å². The van der Waals surface area contributed by atoms with Crippen LogP contribution in [0, 0.1) is 0 Å². The van der Waals surface area contributed by atoms with Gasteiger partial charge < -0.3 is 10.0 Å². The molecule has 16 heavy (non-hydrogen) atoms. The Hall–Kier alpha value is -0.970. The molecular formula is C11H17NO3S. The van der Waals surface area contributed by atoms with Crippen molar-refractivity contribution in [2.45, 2.75) is 26.0 Å². The van der Waals surface area contributed by atoms with E-state index in [1.807, 2.05) is 11.8 Å². The van der Waals surface area contributed by atoms with Gasteiger partial charge in [0.2, 0.25) is 5.91 Å². The van der Waals surface area contributed by atoms with Crippen LogP contribution in [0.25, 0.3) is 0 Å². The van der Waals surface area contributed by atoms with Crippen molar-refractivity contribution < 1.29 is 14.7 Å². The van der Waals surface area contributed by atoms with Gasteiger partial charge >= 0.3 is 5.97 Å². The van der Waals surface area contributed by atoms with E-state index in [4.69, 9.17) is 5.11 Å². The number of thioether (sulfide) groups is 1. The summed E-state index contributed by atoms with van der Waals surface area (Å²) in [6.07, 6.45) is 0. The van der Waals surface area contributed by atoms with E-state index >= 15 is 0 Å². The third-order valence-electron chi connectivity index (χ3n) is 2.73. The highest BCUT2D eigenvalue weighted by atomic mass is 32.2. The first kappa shape index (κ1) is 13.1. The van der Waals surface area contributed by atoms with E-state index in [1.54, 1.807) is 11.8 Å². The van der Waals surface area contributed by atoms with E-state index in [1.165, 1.54) is 6.92 Å². The largest absolute Gasteiger partial charge is 0.478 e. The van der Waals surface area contributed by atoms with Gasteiger partial charge in [-0.1, -0.05) is 6.92 Å². The zero-order chi connectivity index (χ0) is 12.3. The summed E-state index contributed by atoms with van der Waals surface area (Å²) in [6, 6.07) is 0. The highest BCUT2D eigenvalue weighted by Crippen LogP contribution is 2.19. The second-order valence-corrected chi connectivity index (χ2v) is 5.53. The molecule has 0 aromatic carbocycles. The summed E-state index contributed by atoms with van der Waals surface area (Å²) in [5.74, 6) is -0.246. The van der Waals surface area contributed by atoms with E-state index in [-0.39, 0.29) is 11.5 Å². The van der Waals surface area contributed by atoms with Gasteiger partial charge in [0.05, 0.1) is 0 Å². The summed E-state index contributed by atoms with van der Waals surface area (Å²) >= 11 is 1.84. The standard InChI is InChI=1S/C11H17NO3S/c1-7-6-12(4-5-16-7)10(13)8(2)9(3)11(14)15/h7H,4-6H2,1-3H3,(H,14,15). The number of nitrogens with zero attached hydrogens (tertiary/aromatic N) is 1. The molecule has 0 aromatic heterocycles. The monoisotopic (exact) mass is 243 g/mol. The summed E-state index contributed by atoms with van der Waals surface area (Å²) in [7, 11) is 0. The fourth-order valence-electron chi connectivity index (χ4n) is 1.56. The van der Waals surface area contributed by atoms with Crippen molar-refractivity contribution in [3.8, 4) is 0 Å². The van der Waals surface area contributed by atoms with Crippen molar-refractivity contribution in [2.75, 3.05) is 18.8 Å². The molecule has 1 N–H and O–H groups in total. The van der Waals surface area contributed by atoms with Crippen molar-refractivity contribution in [3.63, 3.8) is 0 Å². The number of carboxylic acid groups (broad SMARTS) is 1. The van der Waals surface area contributed by atoms with Crippen LogP contribution in [0.1, 0.15) is 20.8 Å². The van der Waals surface area contributed by atoms with Crippen LogP contribution >= 0.6 is 11.8 Å². The Morgan fingerprint density at radius 1 is 1.31 bits per heavy atom. The fourth-order valence-corrected chi connectivity index (χ4v) is 2.57. The van der Waals surface area contributed by atoms with Gasteiger partial charge in [0.25, 0.3) is 0 Å². The molecule has 0 saturated carbocycles. The fraction of sp³-hybridized carbons (Fsp3) is 0.636. The van der Waals surface area contributed by atoms with Crippen LogP contribution < -0.4 is 0 Å². The Labute approximate surface area is 99.7 Å². The summed E-state index contributed by atoms with van der Waals surface area (Å²) in [5, 5.41) is 9.25. The summed E-state index contributed by atoms with van der Waals surface area (Å²) < 4.78 is 0. The van der Waals surface area contributed by atoms with Crippen LogP contribution in [0.15, 0.2) is 11.1 Å². The molecule has 1 heterocycles. The van der Waals surface area contributed by atoms with Crippen LogP contribution in [-0.2, 0) is 9.59 Å². The average Bonchev–Trinajstić information content (AvgIpc) is 2.26. The van der Waals surface area contributed by atoms with Gasteiger partial charge in [0, 0.05) is 35.2 Å². The molecule has 1 saturated heterocycles. The van der Waals surface area contributed by atoms with Crippen LogP contribution in [-0.4, -0.2) is 46.0 Å². The number of carboxylic acids is 1. The predicted octanol–water partition coefficient (Wildman–Crippen LogP) is 1.37. The first-order valence-corrected chi connectivity index (χ1v) is 6.30. The molecule has 1 fully saturated rings. The number of amides is 1. The second kappa shape index (κ2) is 5.39. The first-order chi connectivity index (χ1) is 7.43. The van der Waals surface area contributed by atoms with Crippen molar-refractivity contribution in [1.82, 2.24) is 4.90 Å². The van der Waals surface area contributed by atoms with Gasteiger partial charge in [-0.25, -0.2) is 4.79 Å². The van der Waals surface area contributed by atoms with Gasteiger partial charge in [-0.3, -0.25) is 4.79 Å². The minimum absolute atomic E-state index is 0.135. The molecular weight excluding hydrogens is 226 g/mol. The zero-order valence-corrected chi connectivity index (χ0v) is 10.6. The Balaban J connectivity index is 2.77. The number of hydrogen-bond donors (Lipinski definition) is 1. The highest BCUT2D eigenvalue weighted by molar-refractivity contribution is 7.99. The lowest BCUT2D eigenvalue weighted by atomic mass is 10.1. The minimum Gasteiger partial charge on any atom is -0.478 e. The Morgan fingerprint density at radius 3 is 2.44 bits per heavy atom. The molecule has 4 nitrogen and oxygen atoms in total. The van der Waals surface area contributed by atoms with E-state index in [9.17, 15) is 9.59 Å². The SMILES string of the molecule is CC(C(=O)O)=C(C)C(=O)N1CCSC(C)C1. The van der Waals surface area contributed by atoms with Gasteiger partial charge in [0.15, 0.2) is 0 Å². The maximum atomic E-state index is 12.0. The van der Waals surface area contributed by atoms with Crippen LogP contribution in [0.5, 0.6) is 0 Å². The van der Waals surface area contributed by atoms with Gasteiger partial charge in [-0.05, 0) is 13.8 Å². The van der Waals surface area contributed by atoms with Gasteiger partial charge in [-0.15, -0.1) is 0 Å². The lowest BCUT2D eigenvalue weighted by Gasteiger charge is -2.31. The molecule has 0 aromatic rings. The van der Waals surface area contributed by atoms with Crippen LogP contribution in [0.3, 0.4) is 0 Å². The molecule has 1 aliphatic rings. The van der Waals surface area contributed by atoms with Crippen LogP contribution in [0.4, 0.5) is 0 Å². The number of hydrogen-bond acceptors (Lipinski definition) is 3. The lowest BCUT2D eigenvalue weighted by Crippen LogP contribution is -2.41. The molecule has 1 amide bonds. The third kappa shape index (κ3) is 3.01. The molecule has 1 aliphatic heterocycles. The maximum absolute atomic E-state index is 12.0. The number of rotatable bonds is 2. The van der Waals surface area contributed by atoms with E-state index < -0.39 is 5.97 Å². The van der Waals surface area contributed by atoms with E-state index in [0.29, 0.717) is 23.9 Å². The normalized spacial score (nSPS) is 22.7. The van der Waals surface area contributed by atoms with Crippen molar-refractivity contribution in [3.05, 3.63) is 11.1 Å². The van der Waals surface area contributed by atoms with E-state index in [0.717, 1.165) is 5.75 Å². The van der Waals surface area contributed by atoms with E-state index in [2.05, 4.69) is 6.92 Å². The molecule has 1 atom stereocenters. The maximum Gasteiger partial charge on any atom is 0.331 e. The van der Waals surface area contributed by atoms with Crippen molar-refractivity contribution >= 4 is 23.6 Å². The quantitative estimate of drug-likeness (QED) is 0.744. The van der Waals surface area contributed by atoms with Crippen LogP contribution in [0.2, 0.25) is 0 Å². The molecule has 5 heteroatoms. The van der Waals surface area contributed by atoms with Gasteiger partial charge in [0.1, 0.15) is 0 Å². The average molecular weight is 243 g/mol. The van der Waals surface area contributed by atoms with Gasteiger partial charge in [-0.2, -0.15) is 11.8 Å². The Kier molecular flexibility index (Phi) is 4.41. The number of carbonyl (C=O) groups is 2. The molecule has 0 radical (unpaired) electrons. The predicted molar refractivity (Wildman–Crippen MR) is 64.5 cm³/mol. The van der Waals surface area contributed by atoms with Crippen molar-refractivity contribution in [2.24, 2.45) is 0 Å². The molecule has 90 valence electrons. The first-order valence-electron chi connectivity index (χ1n) is 5.25. The molecule has 0 spiro atoms. The minimum atomic E-state index is -1.02. The number of aliphatic carboxylic acids is 1.